The Labute approximate surface area is 54.1 Å². The van der Waals surface area contributed by atoms with Crippen molar-refractivity contribution in [3.8, 4) is 0 Å². The lowest BCUT2D eigenvalue weighted by atomic mass is 10.2. The Morgan fingerprint density at radius 1 is 1.67 bits per heavy atom. The highest BCUT2D eigenvalue weighted by Crippen LogP contribution is 2.00. The fraction of sp³-hybridized carbons (Fsp3) is 0.500. The summed E-state index contributed by atoms with van der Waals surface area (Å²) in [6.45, 7) is 3.65. The molecule has 0 aromatic carbocycles. The zero-order valence-electron chi connectivity index (χ0n) is 5.46. The van der Waals surface area contributed by atoms with Gasteiger partial charge in [0.2, 0.25) is 0 Å². The van der Waals surface area contributed by atoms with Gasteiger partial charge in [-0.1, -0.05) is 0 Å². The van der Waals surface area contributed by atoms with Crippen molar-refractivity contribution in [1.29, 1.82) is 0 Å². The van der Waals surface area contributed by atoms with Crippen molar-refractivity contribution in [3.63, 3.8) is 0 Å². The van der Waals surface area contributed by atoms with E-state index in [1.54, 1.807) is 6.92 Å². The van der Waals surface area contributed by atoms with Crippen molar-refractivity contribution < 1.29 is 4.79 Å². The second-order valence-corrected chi connectivity index (χ2v) is 2.07. The molecule has 1 aliphatic rings. The summed E-state index contributed by atoms with van der Waals surface area (Å²) in [4.78, 5) is 10.5. The van der Waals surface area contributed by atoms with Gasteiger partial charge in [-0.2, -0.15) is 5.32 Å². The molecule has 3 nitrogen and oxygen atoms in total. The van der Waals surface area contributed by atoms with Gasteiger partial charge in [-0.3, -0.25) is 0 Å². The quantitative estimate of drug-likeness (QED) is 0.467. The molecule has 0 aliphatic carbocycles. The molecule has 1 heterocycles. The van der Waals surface area contributed by atoms with Crippen LogP contribution in [-0.2, 0) is 0 Å². The van der Waals surface area contributed by atoms with Crippen LogP contribution in [0.2, 0.25) is 0 Å². The lowest BCUT2D eigenvalue weighted by Crippen LogP contribution is -2.33. The molecular formula is C6H8N2O. The van der Waals surface area contributed by atoms with Gasteiger partial charge in [-0.15, -0.1) is 0 Å². The predicted octanol–water partition coefficient (Wildman–Crippen LogP) is 0.621. The van der Waals surface area contributed by atoms with Crippen LogP contribution >= 0.6 is 0 Å². The van der Waals surface area contributed by atoms with Crippen LogP contribution in [0.5, 0.6) is 0 Å². The molecule has 0 aromatic heterocycles. The van der Waals surface area contributed by atoms with Crippen LogP contribution in [0.3, 0.4) is 0 Å². The second kappa shape index (κ2) is 2.09. The fourth-order valence-electron chi connectivity index (χ4n) is 0.778. The smallest absolute Gasteiger partial charge is 0.244 e. The number of hydrogen-bond acceptors (Lipinski definition) is 1. The van der Waals surface area contributed by atoms with Crippen molar-refractivity contribution >= 4 is 6.03 Å². The van der Waals surface area contributed by atoms with Crippen LogP contribution in [0.1, 0.15) is 13.8 Å². The van der Waals surface area contributed by atoms with Gasteiger partial charge in [0.1, 0.15) is 0 Å². The Kier molecular flexibility index (Phi) is 1.42. The summed E-state index contributed by atoms with van der Waals surface area (Å²) < 4.78 is 0. The van der Waals surface area contributed by atoms with Gasteiger partial charge in [0, 0.05) is 5.70 Å². The third-order valence-corrected chi connectivity index (χ3v) is 1.07. The number of urea groups is 1. The average Bonchev–Trinajstić information content (AvgIpc) is 1.59. The first kappa shape index (κ1) is 6.13. The number of carbonyl (C=O) groups excluding carboxylic acids is 1. The maximum atomic E-state index is 10.5. The van der Waals surface area contributed by atoms with Gasteiger partial charge in [0.25, 0.3) is 0 Å². The predicted molar refractivity (Wildman–Crippen MR) is 32.9 cm³/mol. The van der Waals surface area contributed by atoms with Crippen LogP contribution in [0.25, 0.3) is 0 Å². The van der Waals surface area contributed by atoms with Crippen LogP contribution < -0.4 is 10.6 Å². The molecular weight excluding hydrogens is 116 g/mol. The van der Waals surface area contributed by atoms with E-state index in [-0.39, 0.29) is 12.1 Å². The summed E-state index contributed by atoms with van der Waals surface area (Å²) in [5.74, 6) is 0. The van der Waals surface area contributed by atoms with Crippen LogP contribution in [0.4, 0.5) is 4.79 Å². The van der Waals surface area contributed by atoms with E-state index >= 15 is 0 Å². The Hall–Kier alpha value is -0.990. The average molecular weight is 124 g/mol. The van der Waals surface area contributed by atoms with Crippen molar-refractivity contribution in [1.82, 2.24) is 10.6 Å². The van der Waals surface area contributed by atoms with E-state index in [4.69, 9.17) is 0 Å². The number of amides is 2. The minimum absolute atomic E-state index is 0.00926. The van der Waals surface area contributed by atoms with Crippen molar-refractivity contribution in [2.24, 2.45) is 0 Å². The Morgan fingerprint density at radius 3 is 2.78 bits per heavy atom. The fourth-order valence-corrected chi connectivity index (χ4v) is 0.778. The molecule has 0 spiro atoms. The van der Waals surface area contributed by atoms with Gasteiger partial charge < -0.3 is 0 Å². The highest BCUT2D eigenvalue weighted by Gasteiger charge is 2.14. The highest BCUT2D eigenvalue weighted by molar-refractivity contribution is 5.76. The lowest BCUT2D eigenvalue weighted by molar-refractivity contribution is 0.238. The van der Waals surface area contributed by atoms with E-state index in [1.165, 1.54) is 0 Å². The van der Waals surface area contributed by atoms with E-state index < -0.39 is 0 Å². The summed E-state index contributed by atoms with van der Waals surface area (Å²) >= 11 is 0. The van der Waals surface area contributed by atoms with Gasteiger partial charge in [0.15, 0.2) is 0 Å². The molecule has 2 amide bonds. The molecule has 0 fully saturated rings. The van der Waals surface area contributed by atoms with Gasteiger partial charge in [0.05, 0.1) is 6.04 Å². The molecule has 0 saturated heterocycles. The minimum Gasteiger partial charge on any atom is -0.244 e. The van der Waals surface area contributed by atoms with Gasteiger partial charge >= 0.3 is 6.03 Å². The molecule has 9 heavy (non-hydrogen) atoms. The summed E-state index contributed by atoms with van der Waals surface area (Å²) in [7, 11) is 0. The van der Waals surface area contributed by atoms with Crippen LogP contribution in [0.15, 0.2) is 11.8 Å². The summed E-state index contributed by atoms with van der Waals surface area (Å²) in [5.41, 5.74) is 0.766. The lowest BCUT2D eigenvalue weighted by Gasteiger charge is -2.12. The monoisotopic (exact) mass is 124 g/mol. The molecule has 1 atom stereocenters. The second-order valence-electron chi connectivity index (χ2n) is 2.07. The minimum atomic E-state index is -0.359. The first-order valence-electron chi connectivity index (χ1n) is 2.83. The molecule has 1 aliphatic heterocycles. The normalized spacial score (nSPS) is 26.2. The first-order valence-corrected chi connectivity index (χ1v) is 2.83. The van der Waals surface area contributed by atoms with Crippen molar-refractivity contribution in [2.75, 3.05) is 0 Å². The first-order chi connectivity index (χ1) is 4.18. The maximum Gasteiger partial charge on any atom is 0.363 e. The number of hydrogen-bond donors (Lipinski definition) is 0. The largest absolute Gasteiger partial charge is 0.363 e. The topological polar surface area (TPSA) is 45.3 Å². The molecule has 1 unspecified atom stereocenters. The number of allylic oxidation sites excluding steroid dienone is 1. The molecule has 2 radical (unpaired) electrons. The van der Waals surface area contributed by atoms with E-state index in [1.807, 2.05) is 13.0 Å². The highest BCUT2D eigenvalue weighted by atomic mass is 16.2. The standard InChI is InChI=1S/C6H8N2O/c1-4-3-5(2)8-6(9)7-4/h3-4H,1-2H3. The molecule has 48 valence electrons. The zero-order chi connectivity index (χ0) is 6.85. The molecule has 1 rings (SSSR count). The molecule has 0 saturated carbocycles. The summed E-state index contributed by atoms with van der Waals surface area (Å²) in [5, 5.41) is 7.24. The van der Waals surface area contributed by atoms with Gasteiger partial charge in [-0.05, 0) is 19.9 Å². The van der Waals surface area contributed by atoms with Crippen molar-refractivity contribution in [3.05, 3.63) is 11.8 Å². The number of carbonyl (C=O) groups is 1. The van der Waals surface area contributed by atoms with E-state index in [2.05, 4.69) is 10.6 Å². The molecule has 0 bridgehead atoms. The van der Waals surface area contributed by atoms with Crippen LogP contribution in [-0.4, -0.2) is 12.1 Å². The Bertz CT molecular complexity index is 162. The molecule has 3 heteroatoms. The third kappa shape index (κ3) is 1.45. The Morgan fingerprint density at radius 2 is 2.33 bits per heavy atom. The summed E-state index contributed by atoms with van der Waals surface area (Å²) in [6.07, 6.45) is 1.85. The number of rotatable bonds is 0. The van der Waals surface area contributed by atoms with Crippen molar-refractivity contribution in [2.45, 2.75) is 19.9 Å². The number of nitrogens with zero attached hydrogens (tertiary/aromatic N) is 2. The Balaban J connectivity index is 2.67. The van der Waals surface area contributed by atoms with E-state index in [0.717, 1.165) is 5.70 Å². The van der Waals surface area contributed by atoms with Crippen LogP contribution in [0, 0.1) is 0 Å². The zero-order valence-corrected chi connectivity index (χ0v) is 5.46. The van der Waals surface area contributed by atoms with E-state index in [0.29, 0.717) is 0 Å². The van der Waals surface area contributed by atoms with E-state index in [9.17, 15) is 4.79 Å². The molecule has 0 aromatic rings. The molecule has 0 N–H and O–H groups in total. The van der Waals surface area contributed by atoms with Gasteiger partial charge in [-0.25, -0.2) is 10.1 Å². The third-order valence-electron chi connectivity index (χ3n) is 1.07. The SMILES string of the molecule is CC1=CC(C)[N]C(=O)[N]1. The summed E-state index contributed by atoms with van der Waals surface area (Å²) in [6, 6.07) is -0.350. The maximum absolute atomic E-state index is 10.5.